The zero-order valence-electron chi connectivity index (χ0n) is 10.7. The lowest BCUT2D eigenvalue weighted by Crippen LogP contribution is -2.39. The lowest BCUT2D eigenvalue weighted by molar-refractivity contribution is -0.131. The number of hydrogen-bond acceptors (Lipinski definition) is 2. The Kier molecular flexibility index (Phi) is 5.81. The highest BCUT2D eigenvalue weighted by molar-refractivity contribution is 5.76. The molecule has 3 heteroatoms. The largest absolute Gasteiger partial charge is 0.342 e. The molecule has 0 aromatic heterocycles. The zero-order chi connectivity index (χ0) is 12.0. The number of nitrogens with two attached hydrogens (primary N) is 1. The molecule has 3 nitrogen and oxygen atoms in total. The Morgan fingerprint density at radius 1 is 1.38 bits per heavy atom. The Hall–Kier alpha value is -0.570. The molecule has 1 unspecified atom stereocenters. The Labute approximate surface area is 99.4 Å². The summed E-state index contributed by atoms with van der Waals surface area (Å²) < 4.78 is 0. The number of carbonyl (C=O) groups excluding carboxylic acids is 1. The number of rotatable bonds is 5. The van der Waals surface area contributed by atoms with Crippen molar-refractivity contribution in [1.82, 2.24) is 4.90 Å². The third kappa shape index (κ3) is 4.12. The molecule has 0 saturated heterocycles. The normalized spacial score (nSPS) is 19.4. The molecule has 16 heavy (non-hydrogen) atoms. The van der Waals surface area contributed by atoms with Crippen molar-refractivity contribution < 1.29 is 4.79 Å². The molecule has 1 amide bonds. The van der Waals surface area contributed by atoms with Crippen molar-refractivity contribution >= 4 is 5.91 Å². The monoisotopic (exact) mass is 226 g/mol. The summed E-state index contributed by atoms with van der Waals surface area (Å²) in [7, 11) is 1.86. The third-order valence-electron chi connectivity index (χ3n) is 3.89. The van der Waals surface area contributed by atoms with Gasteiger partial charge in [0.15, 0.2) is 0 Å². The fraction of sp³-hybridized carbons (Fsp3) is 0.923. The van der Waals surface area contributed by atoms with E-state index in [0.29, 0.717) is 13.0 Å². The molecule has 0 aliphatic heterocycles. The van der Waals surface area contributed by atoms with Gasteiger partial charge in [-0.05, 0) is 19.3 Å². The fourth-order valence-electron chi connectivity index (χ4n) is 2.38. The Morgan fingerprint density at radius 3 is 2.56 bits per heavy atom. The van der Waals surface area contributed by atoms with Crippen LogP contribution in [0.15, 0.2) is 0 Å². The van der Waals surface area contributed by atoms with E-state index in [1.165, 1.54) is 32.1 Å². The van der Waals surface area contributed by atoms with Crippen molar-refractivity contribution in [2.45, 2.75) is 57.9 Å². The zero-order valence-corrected chi connectivity index (χ0v) is 10.7. The summed E-state index contributed by atoms with van der Waals surface area (Å²) in [6.45, 7) is 2.55. The average Bonchev–Trinajstić information content (AvgIpc) is 2.35. The molecule has 0 bridgehead atoms. The molecule has 94 valence electrons. The van der Waals surface area contributed by atoms with Gasteiger partial charge in [0.2, 0.25) is 5.91 Å². The second kappa shape index (κ2) is 6.89. The van der Waals surface area contributed by atoms with E-state index in [2.05, 4.69) is 0 Å². The minimum absolute atomic E-state index is 0.166. The van der Waals surface area contributed by atoms with Gasteiger partial charge in [0.1, 0.15) is 0 Å². The molecule has 1 atom stereocenters. The summed E-state index contributed by atoms with van der Waals surface area (Å²) in [6, 6.07) is 0.166. The Morgan fingerprint density at radius 2 is 2.00 bits per heavy atom. The van der Waals surface area contributed by atoms with Crippen LogP contribution in [0.5, 0.6) is 0 Å². The average molecular weight is 226 g/mol. The van der Waals surface area contributed by atoms with Gasteiger partial charge in [-0.2, -0.15) is 0 Å². The van der Waals surface area contributed by atoms with Crippen LogP contribution < -0.4 is 5.73 Å². The van der Waals surface area contributed by atoms with Gasteiger partial charge in [-0.15, -0.1) is 0 Å². The van der Waals surface area contributed by atoms with Crippen LogP contribution in [0.1, 0.15) is 51.9 Å². The van der Waals surface area contributed by atoms with E-state index in [1.807, 2.05) is 14.0 Å². The maximum absolute atomic E-state index is 11.9. The van der Waals surface area contributed by atoms with Crippen molar-refractivity contribution in [3.8, 4) is 0 Å². The number of amides is 1. The van der Waals surface area contributed by atoms with Crippen LogP contribution in [0.25, 0.3) is 0 Å². The van der Waals surface area contributed by atoms with Gasteiger partial charge in [-0.3, -0.25) is 4.79 Å². The van der Waals surface area contributed by atoms with Crippen molar-refractivity contribution in [2.24, 2.45) is 11.7 Å². The maximum atomic E-state index is 11.9. The van der Waals surface area contributed by atoms with Gasteiger partial charge in [0.05, 0.1) is 0 Å². The molecule has 1 saturated carbocycles. The van der Waals surface area contributed by atoms with Crippen LogP contribution in [0.4, 0.5) is 0 Å². The summed E-state index contributed by atoms with van der Waals surface area (Å²) in [6.07, 6.45) is 8.51. The molecule has 1 fully saturated rings. The Balaban J connectivity index is 2.23. The van der Waals surface area contributed by atoms with E-state index in [-0.39, 0.29) is 11.9 Å². The molecular weight excluding hydrogens is 200 g/mol. The number of hydrogen-bond donors (Lipinski definition) is 1. The first kappa shape index (κ1) is 13.5. The quantitative estimate of drug-likeness (QED) is 0.781. The molecule has 0 radical (unpaired) electrons. The first-order valence-corrected chi connectivity index (χ1v) is 6.61. The molecule has 0 aromatic carbocycles. The van der Waals surface area contributed by atoms with E-state index >= 15 is 0 Å². The van der Waals surface area contributed by atoms with Crippen molar-refractivity contribution in [2.75, 3.05) is 13.6 Å². The topological polar surface area (TPSA) is 46.3 Å². The fourth-order valence-corrected chi connectivity index (χ4v) is 2.38. The summed E-state index contributed by atoms with van der Waals surface area (Å²) in [5.41, 5.74) is 5.56. The third-order valence-corrected chi connectivity index (χ3v) is 3.89. The summed E-state index contributed by atoms with van der Waals surface area (Å²) in [5.74, 6) is 1.04. The highest BCUT2D eigenvalue weighted by Gasteiger charge is 2.18. The smallest absolute Gasteiger partial charge is 0.222 e. The molecule has 2 N–H and O–H groups in total. The number of carbonyl (C=O) groups is 1. The van der Waals surface area contributed by atoms with Crippen molar-refractivity contribution in [3.05, 3.63) is 0 Å². The van der Waals surface area contributed by atoms with Crippen molar-refractivity contribution in [3.63, 3.8) is 0 Å². The van der Waals surface area contributed by atoms with Gasteiger partial charge < -0.3 is 10.6 Å². The minimum atomic E-state index is 0.166. The van der Waals surface area contributed by atoms with Crippen molar-refractivity contribution in [1.29, 1.82) is 0 Å². The van der Waals surface area contributed by atoms with Crippen LogP contribution >= 0.6 is 0 Å². The van der Waals surface area contributed by atoms with Gasteiger partial charge in [0, 0.05) is 26.1 Å². The minimum Gasteiger partial charge on any atom is -0.342 e. The van der Waals surface area contributed by atoms with Crippen LogP contribution in [0, 0.1) is 5.92 Å². The van der Waals surface area contributed by atoms with Crippen LogP contribution in [0.2, 0.25) is 0 Å². The van der Waals surface area contributed by atoms with Crippen LogP contribution in [0.3, 0.4) is 0 Å². The molecule has 1 aliphatic rings. The van der Waals surface area contributed by atoms with E-state index in [1.54, 1.807) is 4.90 Å². The second-order valence-electron chi connectivity index (χ2n) is 5.13. The lowest BCUT2D eigenvalue weighted by atomic mass is 9.86. The maximum Gasteiger partial charge on any atom is 0.222 e. The molecular formula is C13H26N2O. The van der Waals surface area contributed by atoms with Crippen LogP contribution in [-0.2, 0) is 4.79 Å². The summed E-state index contributed by atoms with van der Waals surface area (Å²) in [4.78, 5) is 13.7. The Bertz CT molecular complexity index is 212. The van der Waals surface area contributed by atoms with Gasteiger partial charge in [0.25, 0.3) is 0 Å². The molecule has 0 spiro atoms. The summed E-state index contributed by atoms with van der Waals surface area (Å²) in [5, 5.41) is 0. The SMILES string of the molecule is CC(CN)N(C)C(=O)CCC1CCCCC1. The first-order chi connectivity index (χ1) is 7.65. The van der Waals surface area contributed by atoms with E-state index in [4.69, 9.17) is 5.73 Å². The predicted octanol–water partition coefficient (Wildman–Crippen LogP) is 2.15. The molecule has 0 heterocycles. The van der Waals surface area contributed by atoms with E-state index in [0.717, 1.165) is 12.3 Å². The number of nitrogens with zero attached hydrogens (tertiary/aromatic N) is 1. The second-order valence-corrected chi connectivity index (χ2v) is 5.13. The molecule has 1 rings (SSSR count). The van der Waals surface area contributed by atoms with Crippen LogP contribution in [-0.4, -0.2) is 30.4 Å². The molecule has 1 aliphatic carbocycles. The molecule has 0 aromatic rings. The highest BCUT2D eigenvalue weighted by atomic mass is 16.2. The standard InChI is InChI=1S/C13H26N2O/c1-11(10-14)15(2)13(16)9-8-12-6-4-3-5-7-12/h11-12H,3-10,14H2,1-2H3. The predicted molar refractivity (Wildman–Crippen MR) is 67.1 cm³/mol. The lowest BCUT2D eigenvalue weighted by Gasteiger charge is -2.26. The van der Waals surface area contributed by atoms with E-state index < -0.39 is 0 Å². The highest BCUT2D eigenvalue weighted by Crippen LogP contribution is 2.27. The summed E-state index contributed by atoms with van der Waals surface area (Å²) >= 11 is 0. The number of likely N-dealkylation sites (N-methyl/N-ethyl adjacent to an activating group) is 1. The van der Waals surface area contributed by atoms with E-state index in [9.17, 15) is 4.79 Å². The van der Waals surface area contributed by atoms with Gasteiger partial charge in [-0.25, -0.2) is 0 Å². The first-order valence-electron chi connectivity index (χ1n) is 6.61. The van der Waals surface area contributed by atoms with Gasteiger partial charge in [-0.1, -0.05) is 32.1 Å². The van der Waals surface area contributed by atoms with Gasteiger partial charge >= 0.3 is 0 Å².